The van der Waals surface area contributed by atoms with Gasteiger partial charge in [0.25, 0.3) is 0 Å². The topological polar surface area (TPSA) is 81.9 Å². The van der Waals surface area contributed by atoms with Crippen LogP contribution in [0.25, 0.3) is 16.7 Å². The Balaban J connectivity index is 1.76. The number of hydrogen-bond acceptors (Lipinski definition) is 6. The molecule has 7 nitrogen and oxygen atoms in total. The molecular formula is C36H36N2O5. The van der Waals surface area contributed by atoms with Crippen LogP contribution in [0, 0.1) is 0 Å². The van der Waals surface area contributed by atoms with Crippen molar-refractivity contribution in [3.05, 3.63) is 98.6 Å². The second-order valence-corrected chi connectivity index (χ2v) is 12.8. The van der Waals surface area contributed by atoms with Gasteiger partial charge in [0, 0.05) is 65.7 Å². The zero-order valence-electron chi connectivity index (χ0n) is 26.1. The van der Waals surface area contributed by atoms with E-state index in [1.807, 2.05) is 12.1 Å². The third-order valence-corrected chi connectivity index (χ3v) is 9.33. The Kier molecular flexibility index (Phi) is 6.24. The Morgan fingerprint density at radius 3 is 2.26 bits per heavy atom. The van der Waals surface area contributed by atoms with Crippen LogP contribution in [0.1, 0.15) is 84.5 Å². The molecule has 0 N–H and O–H groups in total. The lowest BCUT2D eigenvalue weighted by atomic mass is 9.83. The van der Waals surface area contributed by atoms with Crippen LogP contribution in [0.5, 0.6) is 11.5 Å². The fraction of sp³-hybridized carbons (Fsp3) is 0.306. The van der Waals surface area contributed by atoms with Crippen LogP contribution in [0.3, 0.4) is 0 Å². The van der Waals surface area contributed by atoms with Crippen molar-refractivity contribution in [2.24, 2.45) is 0 Å². The molecule has 6 rings (SSSR count). The van der Waals surface area contributed by atoms with Gasteiger partial charge in [-0.25, -0.2) is 9.37 Å². The molecule has 7 heteroatoms. The van der Waals surface area contributed by atoms with Gasteiger partial charge in [-0.1, -0.05) is 12.1 Å². The summed E-state index contributed by atoms with van der Waals surface area (Å²) in [6, 6.07) is 12.9. The molecule has 0 aliphatic carbocycles. The summed E-state index contributed by atoms with van der Waals surface area (Å²) in [6.45, 7) is 12.9. The molecule has 0 atom stereocenters. The number of aromatic carboxylic acids is 1. The molecule has 0 radical (unpaired) electrons. The Bertz CT molecular complexity index is 1980. The van der Waals surface area contributed by atoms with Crippen LogP contribution in [0.4, 0.5) is 5.69 Å². The summed E-state index contributed by atoms with van der Waals surface area (Å²) in [6.07, 6.45) is 4.47. The Morgan fingerprint density at radius 2 is 1.58 bits per heavy atom. The van der Waals surface area contributed by atoms with Crippen LogP contribution in [0.2, 0.25) is 0 Å². The molecule has 3 aliphatic rings. The van der Waals surface area contributed by atoms with E-state index in [2.05, 4.69) is 89.4 Å². The van der Waals surface area contributed by atoms with E-state index in [-0.39, 0.29) is 22.2 Å². The number of likely N-dealkylation sites (N-methyl/N-ethyl adjacent to an activating group) is 2. The van der Waals surface area contributed by atoms with Crippen LogP contribution >= 0.6 is 0 Å². The molecule has 43 heavy (non-hydrogen) atoms. The Labute approximate surface area is 251 Å². The number of rotatable bonds is 3. The van der Waals surface area contributed by atoms with E-state index in [9.17, 15) is 14.7 Å². The van der Waals surface area contributed by atoms with Crippen LogP contribution in [-0.2, 0) is 4.74 Å². The number of allylic oxidation sites excluding steroid dienone is 2. The third kappa shape index (κ3) is 4.29. The molecule has 0 bridgehead atoms. The molecule has 3 aliphatic heterocycles. The Hall–Kier alpha value is -4.65. The fourth-order valence-electron chi connectivity index (χ4n) is 6.64. The molecule has 0 fully saturated rings. The van der Waals surface area contributed by atoms with E-state index in [1.165, 1.54) is 13.2 Å². The highest BCUT2D eigenvalue weighted by Crippen LogP contribution is 2.46. The highest BCUT2D eigenvalue weighted by molar-refractivity contribution is 6.01. The van der Waals surface area contributed by atoms with E-state index < -0.39 is 11.9 Å². The summed E-state index contributed by atoms with van der Waals surface area (Å²) >= 11 is 0. The van der Waals surface area contributed by atoms with Crippen LogP contribution in [0.15, 0.2) is 54.6 Å². The number of benzene rings is 3. The van der Waals surface area contributed by atoms with Gasteiger partial charge in [0.1, 0.15) is 18.5 Å². The normalized spacial score (nSPS) is 17.5. The molecule has 3 aromatic carbocycles. The van der Waals surface area contributed by atoms with E-state index in [0.717, 1.165) is 44.1 Å². The van der Waals surface area contributed by atoms with Crippen molar-refractivity contribution in [1.82, 2.24) is 4.58 Å². The number of anilines is 1. The number of fused-ring (bicyclic) bond motifs is 4. The van der Waals surface area contributed by atoms with Gasteiger partial charge in [-0.2, -0.15) is 0 Å². The number of hydrogen-bond donors (Lipinski definition) is 0. The van der Waals surface area contributed by atoms with Crippen molar-refractivity contribution in [2.75, 3.05) is 26.1 Å². The van der Waals surface area contributed by atoms with Crippen molar-refractivity contribution in [1.29, 1.82) is 0 Å². The van der Waals surface area contributed by atoms with Gasteiger partial charge in [0.2, 0.25) is 5.36 Å². The molecule has 0 saturated heterocycles. The zero-order valence-corrected chi connectivity index (χ0v) is 26.1. The SMILES string of the molecule is COC(=O)c1ccc(C2=c3cc4c(cc3Oc3cc5c(cc32)C(C)=CC(C)(C)N5C)=[N+](C)C(C)(C)C=C4C)c(C(=O)[O-])c1. The maximum Gasteiger partial charge on any atom is 0.337 e. The minimum Gasteiger partial charge on any atom is -0.545 e. The molecular weight excluding hydrogens is 540 g/mol. The minimum atomic E-state index is -1.38. The predicted molar refractivity (Wildman–Crippen MR) is 167 cm³/mol. The third-order valence-electron chi connectivity index (χ3n) is 9.33. The fourth-order valence-corrected chi connectivity index (χ4v) is 6.64. The molecule has 220 valence electrons. The molecule has 0 amide bonds. The van der Waals surface area contributed by atoms with Crippen LogP contribution < -0.4 is 29.9 Å². The first-order valence-corrected chi connectivity index (χ1v) is 14.4. The smallest absolute Gasteiger partial charge is 0.337 e. The summed E-state index contributed by atoms with van der Waals surface area (Å²) in [4.78, 5) is 27.2. The van der Waals surface area contributed by atoms with Gasteiger partial charge in [0.05, 0.1) is 30.2 Å². The average Bonchev–Trinajstić information content (AvgIpc) is 2.95. The average molecular weight is 577 g/mol. The number of carboxylic acids is 1. The molecule has 0 spiro atoms. The van der Waals surface area contributed by atoms with E-state index >= 15 is 0 Å². The number of methoxy groups -OCH3 is 1. The van der Waals surface area contributed by atoms with Crippen molar-refractivity contribution in [3.63, 3.8) is 0 Å². The number of carbonyl (C=O) groups is 2. The van der Waals surface area contributed by atoms with Crippen molar-refractivity contribution in [3.8, 4) is 11.5 Å². The van der Waals surface area contributed by atoms with Gasteiger partial charge in [-0.05, 0) is 74.7 Å². The van der Waals surface area contributed by atoms with Gasteiger partial charge in [0.15, 0.2) is 5.54 Å². The number of carbonyl (C=O) groups excluding carboxylic acids is 2. The molecule has 3 heterocycles. The molecule has 0 aromatic heterocycles. The standard InChI is InChI=1S/C36H36N2O5/c1-19-17-35(3,4)37(7)28-15-30-26(13-23(19)28)32(22-11-10-21(34(41)42-9)12-25(22)33(39)40)27-14-24-20(2)18-36(5,6)38(8)29(24)16-31(27)43-30/h10-18H,1-9H3. The quantitative estimate of drug-likeness (QED) is 0.270. The number of esters is 1. The minimum absolute atomic E-state index is 0.0943. The van der Waals surface area contributed by atoms with E-state index in [4.69, 9.17) is 9.47 Å². The maximum atomic E-state index is 12.6. The lowest BCUT2D eigenvalue weighted by molar-refractivity contribution is -0.255. The first-order valence-electron chi connectivity index (χ1n) is 14.4. The summed E-state index contributed by atoms with van der Waals surface area (Å²) in [7, 11) is 5.40. The highest BCUT2D eigenvalue weighted by atomic mass is 16.5. The molecule has 3 aromatic rings. The van der Waals surface area contributed by atoms with Gasteiger partial charge in [-0.15, -0.1) is 0 Å². The van der Waals surface area contributed by atoms with Gasteiger partial charge >= 0.3 is 5.97 Å². The first-order chi connectivity index (χ1) is 20.1. The summed E-state index contributed by atoms with van der Waals surface area (Å²) in [5.74, 6) is -0.739. The first kappa shape index (κ1) is 28.5. The number of nitrogens with zero attached hydrogens (tertiary/aromatic N) is 2. The Morgan fingerprint density at radius 1 is 0.884 bits per heavy atom. The van der Waals surface area contributed by atoms with Gasteiger partial charge in [-0.3, -0.25) is 0 Å². The second kappa shape index (κ2) is 9.43. The summed E-state index contributed by atoms with van der Waals surface area (Å²) < 4.78 is 13.8. The predicted octanol–water partition coefficient (Wildman–Crippen LogP) is 4.14. The largest absolute Gasteiger partial charge is 0.545 e. The van der Waals surface area contributed by atoms with E-state index in [0.29, 0.717) is 22.6 Å². The monoisotopic (exact) mass is 576 g/mol. The zero-order chi connectivity index (χ0) is 31.2. The lowest BCUT2D eigenvalue weighted by Crippen LogP contribution is -2.47. The molecule has 0 saturated carbocycles. The summed E-state index contributed by atoms with van der Waals surface area (Å²) in [5.41, 5.74) is 6.93. The van der Waals surface area contributed by atoms with E-state index in [1.54, 1.807) is 12.1 Å². The highest BCUT2D eigenvalue weighted by Gasteiger charge is 2.35. The second-order valence-electron chi connectivity index (χ2n) is 12.8. The lowest BCUT2D eigenvalue weighted by Gasteiger charge is -2.41. The molecule has 0 unspecified atom stereocenters. The van der Waals surface area contributed by atoms with Crippen molar-refractivity contribution < 1.29 is 24.2 Å². The van der Waals surface area contributed by atoms with Crippen molar-refractivity contribution in [2.45, 2.75) is 52.6 Å². The van der Waals surface area contributed by atoms with Crippen molar-refractivity contribution >= 4 is 34.3 Å². The maximum absolute atomic E-state index is 12.6. The van der Waals surface area contributed by atoms with Crippen LogP contribution in [-0.4, -0.2) is 44.2 Å². The summed E-state index contributed by atoms with van der Waals surface area (Å²) in [5, 5.41) is 14.4. The number of ether oxygens (including phenoxy) is 2. The van der Waals surface area contributed by atoms with Gasteiger partial charge < -0.3 is 24.3 Å². The number of carboxylic acid groups (broad SMARTS) is 1.